The lowest BCUT2D eigenvalue weighted by Gasteiger charge is -2.21. The summed E-state index contributed by atoms with van der Waals surface area (Å²) in [5.74, 6) is 1.33. The number of nitrogens with one attached hydrogen (secondary N) is 2. The van der Waals surface area contributed by atoms with Crippen LogP contribution in [-0.2, 0) is 16.7 Å². The van der Waals surface area contributed by atoms with Crippen molar-refractivity contribution in [2.24, 2.45) is 10.9 Å². The zero-order chi connectivity index (χ0) is 18.2. The predicted octanol–water partition coefficient (Wildman–Crippen LogP) is 3.56. The minimum atomic E-state index is 0.105. The van der Waals surface area contributed by atoms with Gasteiger partial charge in [-0.2, -0.15) is 0 Å². The molecule has 1 heterocycles. The van der Waals surface area contributed by atoms with E-state index in [-0.39, 0.29) is 11.5 Å². The number of aliphatic imine (C=N–C) groups is 1. The van der Waals surface area contributed by atoms with E-state index in [1.807, 2.05) is 6.92 Å². The zero-order valence-corrected chi connectivity index (χ0v) is 17.1. The largest absolute Gasteiger partial charge is 0.378 e. The van der Waals surface area contributed by atoms with Crippen molar-refractivity contribution >= 4 is 17.3 Å². The average Bonchev–Trinajstić information content (AvgIpc) is 2.98. The third-order valence-electron chi connectivity index (χ3n) is 3.70. The Morgan fingerprint density at radius 1 is 1.33 bits per heavy atom. The minimum absolute atomic E-state index is 0.105. The first-order valence-electron chi connectivity index (χ1n) is 8.78. The van der Waals surface area contributed by atoms with Crippen LogP contribution in [-0.4, -0.2) is 37.2 Å². The molecular weight excluding hydrogens is 320 g/mol. The molecule has 0 aliphatic heterocycles. The van der Waals surface area contributed by atoms with E-state index in [1.165, 1.54) is 5.01 Å². The lowest BCUT2D eigenvalue weighted by atomic mass is 9.98. The Morgan fingerprint density at radius 2 is 2.04 bits per heavy atom. The smallest absolute Gasteiger partial charge is 0.191 e. The Bertz CT molecular complexity index is 505. The van der Waals surface area contributed by atoms with Crippen molar-refractivity contribution in [2.45, 2.75) is 66.0 Å². The lowest BCUT2D eigenvalue weighted by molar-refractivity contribution is 0.0258. The maximum atomic E-state index is 5.77. The maximum Gasteiger partial charge on any atom is 0.191 e. The Labute approximate surface area is 151 Å². The van der Waals surface area contributed by atoms with Gasteiger partial charge in [-0.15, -0.1) is 11.3 Å². The molecule has 0 saturated carbocycles. The highest BCUT2D eigenvalue weighted by Crippen LogP contribution is 2.25. The molecular formula is C18H34N4OS. The van der Waals surface area contributed by atoms with Crippen molar-refractivity contribution < 1.29 is 4.74 Å². The summed E-state index contributed by atoms with van der Waals surface area (Å²) in [5.41, 5.74) is 1.16. The average molecular weight is 355 g/mol. The van der Waals surface area contributed by atoms with Crippen LogP contribution in [0.2, 0.25) is 0 Å². The van der Waals surface area contributed by atoms with Gasteiger partial charge in [0.15, 0.2) is 5.96 Å². The van der Waals surface area contributed by atoms with Crippen molar-refractivity contribution in [2.75, 3.05) is 20.2 Å². The summed E-state index contributed by atoms with van der Waals surface area (Å²) in [5, 5.41) is 9.96. The van der Waals surface area contributed by atoms with Crippen LogP contribution in [0.1, 0.15) is 58.7 Å². The second kappa shape index (κ2) is 9.99. The number of hydrogen-bond acceptors (Lipinski definition) is 4. The Kier molecular flexibility index (Phi) is 8.70. The highest BCUT2D eigenvalue weighted by Gasteiger charge is 2.18. The van der Waals surface area contributed by atoms with Crippen LogP contribution in [0.4, 0.5) is 0 Å². The van der Waals surface area contributed by atoms with Crippen molar-refractivity contribution in [3.63, 3.8) is 0 Å². The van der Waals surface area contributed by atoms with Crippen LogP contribution in [0.15, 0.2) is 10.4 Å². The molecule has 1 aromatic heterocycles. The number of nitrogens with zero attached hydrogens (tertiary/aromatic N) is 2. The van der Waals surface area contributed by atoms with Gasteiger partial charge >= 0.3 is 0 Å². The van der Waals surface area contributed by atoms with Crippen molar-refractivity contribution in [1.29, 1.82) is 0 Å². The van der Waals surface area contributed by atoms with E-state index in [4.69, 9.17) is 9.72 Å². The van der Waals surface area contributed by atoms with Gasteiger partial charge in [-0.1, -0.05) is 34.6 Å². The molecule has 1 aromatic rings. The fourth-order valence-corrected chi connectivity index (χ4v) is 3.19. The summed E-state index contributed by atoms with van der Waals surface area (Å²) in [6.45, 7) is 15.3. The maximum absolute atomic E-state index is 5.77. The van der Waals surface area contributed by atoms with Gasteiger partial charge < -0.3 is 15.4 Å². The summed E-state index contributed by atoms with van der Waals surface area (Å²) in [6.07, 6.45) is 1.25. The molecule has 0 radical (unpaired) electrons. The molecule has 5 nitrogen and oxygen atoms in total. The van der Waals surface area contributed by atoms with Gasteiger partial charge in [0.1, 0.15) is 0 Å². The van der Waals surface area contributed by atoms with Crippen LogP contribution in [0.3, 0.4) is 0 Å². The third-order valence-corrected chi connectivity index (χ3v) is 5.02. The number of thiazole rings is 1. The SMILES string of the molecule is CCOC(CCNC(=NC)NCc1csc(C(C)(C)C)n1)C(C)C. The predicted molar refractivity (Wildman–Crippen MR) is 104 cm³/mol. The van der Waals surface area contributed by atoms with Gasteiger partial charge in [0.25, 0.3) is 0 Å². The first-order valence-corrected chi connectivity index (χ1v) is 9.66. The number of ether oxygens (including phenoxy) is 1. The van der Waals surface area contributed by atoms with Gasteiger partial charge in [0, 0.05) is 31.0 Å². The number of guanidine groups is 1. The molecule has 0 bridgehead atoms. The first-order chi connectivity index (χ1) is 11.3. The molecule has 0 amide bonds. The molecule has 1 atom stereocenters. The molecule has 1 unspecified atom stereocenters. The normalized spacial score (nSPS) is 14.1. The molecule has 2 N–H and O–H groups in total. The Morgan fingerprint density at radius 3 is 2.54 bits per heavy atom. The van der Waals surface area contributed by atoms with Gasteiger partial charge in [-0.3, -0.25) is 4.99 Å². The Hall–Kier alpha value is -1.14. The molecule has 1 rings (SSSR count). The van der Waals surface area contributed by atoms with E-state index in [2.05, 4.69) is 55.6 Å². The molecule has 138 valence electrons. The highest BCUT2D eigenvalue weighted by atomic mass is 32.1. The van der Waals surface area contributed by atoms with Gasteiger partial charge in [0.2, 0.25) is 0 Å². The molecule has 0 aliphatic carbocycles. The van der Waals surface area contributed by atoms with E-state index in [0.717, 1.165) is 31.2 Å². The summed E-state index contributed by atoms with van der Waals surface area (Å²) in [7, 11) is 1.79. The van der Waals surface area contributed by atoms with Crippen molar-refractivity contribution in [3.8, 4) is 0 Å². The van der Waals surface area contributed by atoms with E-state index < -0.39 is 0 Å². The second-order valence-corrected chi connectivity index (χ2v) is 8.13. The zero-order valence-electron chi connectivity index (χ0n) is 16.3. The summed E-state index contributed by atoms with van der Waals surface area (Å²) >= 11 is 1.72. The molecule has 0 aromatic carbocycles. The lowest BCUT2D eigenvalue weighted by Crippen LogP contribution is -2.39. The van der Waals surface area contributed by atoms with E-state index in [0.29, 0.717) is 12.5 Å². The highest BCUT2D eigenvalue weighted by molar-refractivity contribution is 7.09. The molecule has 0 spiro atoms. The van der Waals surface area contributed by atoms with Crippen LogP contribution in [0.25, 0.3) is 0 Å². The van der Waals surface area contributed by atoms with Gasteiger partial charge in [-0.05, 0) is 19.3 Å². The molecule has 0 saturated heterocycles. The Balaban J connectivity index is 2.41. The monoisotopic (exact) mass is 354 g/mol. The number of rotatable bonds is 8. The van der Waals surface area contributed by atoms with E-state index in [1.54, 1.807) is 18.4 Å². The summed E-state index contributed by atoms with van der Waals surface area (Å²) in [4.78, 5) is 8.97. The second-order valence-electron chi connectivity index (χ2n) is 7.27. The van der Waals surface area contributed by atoms with Gasteiger partial charge in [0.05, 0.1) is 23.4 Å². The van der Waals surface area contributed by atoms with E-state index in [9.17, 15) is 0 Å². The quantitative estimate of drug-likeness (QED) is 0.554. The van der Waals surface area contributed by atoms with Crippen molar-refractivity contribution in [3.05, 3.63) is 16.1 Å². The molecule has 24 heavy (non-hydrogen) atoms. The van der Waals surface area contributed by atoms with Crippen LogP contribution in [0.5, 0.6) is 0 Å². The molecule has 0 aliphatic rings. The third kappa shape index (κ3) is 7.18. The molecule has 6 heteroatoms. The fourth-order valence-electron chi connectivity index (χ4n) is 2.28. The summed E-state index contributed by atoms with van der Waals surface area (Å²) in [6, 6.07) is 0. The molecule has 0 fully saturated rings. The van der Waals surface area contributed by atoms with Crippen LogP contribution in [0, 0.1) is 5.92 Å². The van der Waals surface area contributed by atoms with E-state index >= 15 is 0 Å². The number of hydrogen-bond donors (Lipinski definition) is 2. The topological polar surface area (TPSA) is 58.5 Å². The van der Waals surface area contributed by atoms with Crippen molar-refractivity contribution in [1.82, 2.24) is 15.6 Å². The van der Waals surface area contributed by atoms with Crippen LogP contribution >= 0.6 is 11.3 Å². The minimum Gasteiger partial charge on any atom is -0.378 e. The first kappa shape index (κ1) is 20.9. The number of aromatic nitrogens is 1. The summed E-state index contributed by atoms with van der Waals surface area (Å²) < 4.78 is 5.77. The van der Waals surface area contributed by atoms with Gasteiger partial charge in [-0.25, -0.2) is 4.98 Å². The standard InChI is InChI=1S/C18H34N4OS/c1-8-23-15(13(2)3)9-10-20-17(19-7)21-11-14-12-24-16(22-14)18(4,5)6/h12-13,15H,8-11H2,1-7H3,(H2,19,20,21). The van der Waals surface area contributed by atoms with Crippen LogP contribution < -0.4 is 10.6 Å². The fraction of sp³-hybridized carbons (Fsp3) is 0.778.